The van der Waals surface area contributed by atoms with E-state index in [-0.39, 0.29) is 24.8 Å². The molecule has 1 unspecified atom stereocenters. The molecule has 0 fully saturated rings. The summed E-state index contributed by atoms with van der Waals surface area (Å²) in [6, 6.07) is 9.65. The number of carbonyl (C=O) groups excluding carboxylic acids is 1. The van der Waals surface area contributed by atoms with Crippen molar-refractivity contribution in [3.63, 3.8) is 0 Å². The van der Waals surface area contributed by atoms with Gasteiger partial charge in [-0.15, -0.1) is 0 Å². The monoisotopic (exact) mass is 302 g/mol. The Morgan fingerprint density at radius 3 is 2.64 bits per heavy atom. The van der Waals surface area contributed by atoms with Gasteiger partial charge in [0.2, 0.25) is 11.9 Å². The van der Waals surface area contributed by atoms with Crippen LogP contribution in [0.2, 0.25) is 0 Å². The normalized spacial score (nSPS) is 11.9. The van der Waals surface area contributed by atoms with E-state index >= 15 is 0 Å². The molecular formula is C15H18N4O3. The largest absolute Gasteiger partial charge is 0.481 e. The summed E-state index contributed by atoms with van der Waals surface area (Å²) in [6.07, 6.45) is 2.15. The van der Waals surface area contributed by atoms with Gasteiger partial charge >= 0.3 is 5.97 Å². The van der Waals surface area contributed by atoms with E-state index in [9.17, 15) is 9.59 Å². The summed E-state index contributed by atoms with van der Waals surface area (Å²) in [5.41, 5.74) is 1.06. The Balaban J connectivity index is 2.04. The SMILES string of the molecule is CC(CN(C(=O)CCc1ccccc1)c1ncn[nH]1)C(=O)O. The maximum absolute atomic E-state index is 12.4. The van der Waals surface area contributed by atoms with Crippen molar-refractivity contribution in [1.82, 2.24) is 15.2 Å². The highest BCUT2D eigenvalue weighted by Gasteiger charge is 2.23. The molecule has 1 aromatic carbocycles. The van der Waals surface area contributed by atoms with Crippen molar-refractivity contribution in [1.29, 1.82) is 0 Å². The second-order valence-corrected chi connectivity index (χ2v) is 5.04. The molecule has 0 bridgehead atoms. The Bertz CT molecular complexity index is 613. The molecule has 0 radical (unpaired) electrons. The Morgan fingerprint density at radius 2 is 2.05 bits per heavy atom. The summed E-state index contributed by atoms with van der Waals surface area (Å²) < 4.78 is 0. The van der Waals surface area contributed by atoms with Gasteiger partial charge < -0.3 is 5.11 Å². The predicted octanol–water partition coefficient (Wildman–Crippen LogP) is 1.49. The third-order valence-electron chi connectivity index (χ3n) is 3.31. The molecule has 0 saturated carbocycles. The highest BCUT2D eigenvalue weighted by molar-refractivity contribution is 5.92. The van der Waals surface area contributed by atoms with Gasteiger partial charge in [0.1, 0.15) is 6.33 Å². The Labute approximate surface area is 128 Å². The van der Waals surface area contributed by atoms with Gasteiger partial charge in [0.15, 0.2) is 0 Å². The summed E-state index contributed by atoms with van der Waals surface area (Å²) >= 11 is 0. The minimum Gasteiger partial charge on any atom is -0.481 e. The van der Waals surface area contributed by atoms with Gasteiger partial charge in [-0.2, -0.15) is 10.1 Å². The van der Waals surface area contributed by atoms with Crippen molar-refractivity contribution in [3.05, 3.63) is 42.2 Å². The first-order valence-corrected chi connectivity index (χ1v) is 7.00. The minimum absolute atomic E-state index is 0.0537. The molecule has 0 aliphatic carbocycles. The van der Waals surface area contributed by atoms with Crippen molar-refractivity contribution in [2.24, 2.45) is 5.92 Å². The molecule has 116 valence electrons. The van der Waals surface area contributed by atoms with Crippen LogP contribution >= 0.6 is 0 Å². The van der Waals surface area contributed by atoms with Crippen LogP contribution in [0.5, 0.6) is 0 Å². The van der Waals surface area contributed by atoms with Crippen LogP contribution < -0.4 is 4.90 Å². The first-order valence-electron chi connectivity index (χ1n) is 7.00. The van der Waals surface area contributed by atoms with Crippen LogP contribution in [-0.2, 0) is 16.0 Å². The topological polar surface area (TPSA) is 99.2 Å². The zero-order chi connectivity index (χ0) is 15.9. The highest BCUT2D eigenvalue weighted by Crippen LogP contribution is 2.12. The van der Waals surface area contributed by atoms with Crippen molar-refractivity contribution in [2.45, 2.75) is 19.8 Å². The minimum atomic E-state index is -0.958. The number of anilines is 1. The number of carbonyl (C=O) groups is 2. The molecule has 2 aromatic rings. The molecule has 7 heteroatoms. The second-order valence-electron chi connectivity index (χ2n) is 5.04. The number of nitrogens with one attached hydrogen (secondary N) is 1. The Morgan fingerprint density at radius 1 is 1.32 bits per heavy atom. The Hall–Kier alpha value is -2.70. The smallest absolute Gasteiger partial charge is 0.308 e. The molecule has 22 heavy (non-hydrogen) atoms. The fourth-order valence-electron chi connectivity index (χ4n) is 2.02. The molecule has 1 aromatic heterocycles. The number of rotatable bonds is 7. The van der Waals surface area contributed by atoms with E-state index in [1.54, 1.807) is 6.92 Å². The first kappa shape index (κ1) is 15.7. The third kappa shape index (κ3) is 4.15. The molecule has 2 rings (SSSR count). The molecule has 0 saturated heterocycles. The number of carboxylic acids is 1. The van der Waals surface area contributed by atoms with Gasteiger partial charge in [-0.3, -0.25) is 14.5 Å². The number of aryl methyl sites for hydroxylation is 1. The molecular weight excluding hydrogens is 284 g/mol. The maximum atomic E-state index is 12.4. The van der Waals surface area contributed by atoms with Gasteiger partial charge in [0.05, 0.1) is 5.92 Å². The molecule has 0 aliphatic heterocycles. The summed E-state index contributed by atoms with van der Waals surface area (Å²) in [5.74, 6) is -1.56. The second kappa shape index (κ2) is 7.35. The molecule has 2 N–H and O–H groups in total. The number of aromatic nitrogens is 3. The van der Waals surface area contributed by atoms with Gasteiger partial charge in [-0.05, 0) is 12.0 Å². The number of benzene rings is 1. The van der Waals surface area contributed by atoms with Crippen molar-refractivity contribution in [2.75, 3.05) is 11.4 Å². The van der Waals surface area contributed by atoms with Gasteiger partial charge in [0.25, 0.3) is 0 Å². The number of amides is 1. The molecule has 1 amide bonds. The Kier molecular flexibility index (Phi) is 5.24. The molecule has 1 atom stereocenters. The van der Waals surface area contributed by atoms with Crippen LogP contribution in [0.25, 0.3) is 0 Å². The maximum Gasteiger partial charge on any atom is 0.308 e. The number of aromatic amines is 1. The average molecular weight is 302 g/mol. The quantitative estimate of drug-likeness (QED) is 0.807. The highest BCUT2D eigenvalue weighted by atomic mass is 16.4. The van der Waals surface area contributed by atoms with E-state index in [4.69, 9.17) is 5.11 Å². The van der Waals surface area contributed by atoms with E-state index in [0.717, 1.165) is 5.56 Å². The zero-order valence-corrected chi connectivity index (χ0v) is 12.3. The fraction of sp³-hybridized carbons (Fsp3) is 0.333. The van der Waals surface area contributed by atoms with E-state index in [2.05, 4.69) is 15.2 Å². The van der Waals surface area contributed by atoms with Crippen LogP contribution in [0.1, 0.15) is 18.9 Å². The van der Waals surface area contributed by atoms with Crippen molar-refractivity contribution < 1.29 is 14.7 Å². The summed E-state index contributed by atoms with van der Waals surface area (Å²) in [5, 5.41) is 15.4. The van der Waals surface area contributed by atoms with E-state index < -0.39 is 11.9 Å². The van der Waals surface area contributed by atoms with Crippen LogP contribution in [-0.4, -0.2) is 38.7 Å². The van der Waals surface area contributed by atoms with E-state index in [1.807, 2.05) is 30.3 Å². The van der Waals surface area contributed by atoms with Gasteiger partial charge in [0, 0.05) is 13.0 Å². The van der Waals surface area contributed by atoms with E-state index in [0.29, 0.717) is 6.42 Å². The van der Waals surface area contributed by atoms with Crippen LogP contribution in [0, 0.1) is 5.92 Å². The van der Waals surface area contributed by atoms with Crippen LogP contribution in [0.15, 0.2) is 36.7 Å². The lowest BCUT2D eigenvalue weighted by Gasteiger charge is -2.21. The van der Waals surface area contributed by atoms with E-state index in [1.165, 1.54) is 11.2 Å². The van der Waals surface area contributed by atoms with Gasteiger partial charge in [-0.25, -0.2) is 5.10 Å². The number of aliphatic carboxylic acids is 1. The number of H-pyrrole nitrogens is 1. The molecule has 0 spiro atoms. The van der Waals surface area contributed by atoms with Crippen LogP contribution in [0.4, 0.5) is 5.95 Å². The summed E-state index contributed by atoms with van der Waals surface area (Å²) in [4.78, 5) is 28.7. The number of hydrogen-bond donors (Lipinski definition) is 2. The standard InChI is InChI=1S/C15H18N4O3/c1-11(14(21)22)9-19(15-16-10-17-18-15)13(20)8-7-12-5-3-2-4-6-12/h2-6,10-11H,7-9H2,1H3,(H,21,22)(H,16,17,18). The summed E-state index contributed by atoms with van der Waals surface area (Å²) in [6.45, 7) is 1.61. The summed E-state index contributed by atoms with van der Waals surface area (Å²) in [7, 11) is 0. The lowest BCUT2D eigenvalue weighted by atomic mass is 10.1. The lowest BCUT2D eigenvalue weighted by Crippen LogP contribution is -2.38. The van der Waals surface area contributed by atoms with Crippen molar-refractivity contribution in [3.8, 4) is 0 Å². The molecule has 0 aliphatic rings. The third-order valence-corrected chi connectivity index (χ3v) is 3.31. The van der Waals surface area contributed by atoms with Gasteiger partial charge in [-0.1, -0.05) is 37.3 Å². The first-order chi connectivity index (χ1) is 10.6. The average Bonchev–Trinajstić information content (AvgIpc) is 3.05. The predicted molar refractivity (Wildman–Crippen MR) is 80.3 cm³/mol. The molecule has 1 heterocycles. The fourth-order valence-corrected chi connectivity index (χ4v) is 2.02. The molecule has 7 nitrogen and oxygen atoms in total. The number of nitrogens with zero attached hydrogens (tertiary/aromatic N) is 3. The van der Waals surface area contributed by atoms with Crippen molar-refractivity contribution >= 4 is 17.8 Å². The zero-order valence-electron chi connectivity index (χ0n) is 12.3. The number of hydrogen-bond acceptors (Lipinski definition) is 4. The van der Waals surface area contributed by atoms with Crippen LogP contribution in [0.3, 0.4) is 0 Å². The number of carboxylic acid groups (broad SMARTS) is 1. The lowest BCUT2D eigenvalue weighted by molar-refractivity contribution is -0.140.